The molecule has 0 heterocycles. The van der Waals surface area contributed by atoms with E-state index in [1.807, 2.05) is 0 Å². The summed E-state index contributed by atoms with van der Waals surface area (Å²) in [6, 6.07) is 15.0. The van der Waals surface area contributed by atoms with Crippen LogP contribution in [-0.2, 0) is 9.59 Å². The van der Waals surface area contributed by atoms with Gasteiger partial charge in [0.2, 0.25) is 5.91 Å². The van der Waals surface area contributed by atoms with E-state index < -0.39 is 44.0 Å². The van der Waals surface area contributed by atoms with Crippen molar-refractivity contribution in [1.29, 1.82) is 0 Å². The lowest BCUT2D eigenvalue weighted by atomic mass is 9.99. The van der Waals surface area contributed by atoms with Crippen LogP contribution in [0.15, 0.2) is 60.7 Å². The van der Waals surface area contributed by atoms with Gasteiger partial charge in [-0.1, -0.05) is 82.4 Å². The van der Waals surface area contributed by atoms with Gasteiger partial charge < -0.3 is 21.5 Å². The summed E-state index contributed by atoms with van der Waals surface area (Å²) in [4.78, 5) is 37.7. The lowest BCUT2D eigenvalue weighted by Crippen LogP contribution is -2.51. The van der Waals surface area contributed by atoms with E-state index in [4.69, 9.17) is 5.73 Å². The molecule has 0 spiro atoms. The number of carbonyl (C=O) groups excluding carboxylic acids is 3. The summed E-state index contributed by atoms with van der Waals surface area (Å²) in [5, 5.41) is 16.2. The van der Waals surface area contributed by atoms with Gasteiger partial charge in [0, 0.05) is 12.0 Å². The number of nitrogens with one attached hydrogen (secondary N) is 2. The molecular formula is C27H35N3O4Si. The molecule has 0 radical (unpaired) electrons. The molecule has 2 aromatic carbocycles. The molecule has 0 aliphatic carbocycles. The smallest absolute Gasteiger partial charge is 0.252 e. The quantitative estimate of drug-likeness (QED) is 0.334. The van der Waals surface area contributed by atoms with Crippen LogP contribution in [0.3, 0.4) is 0 Å². The van der Waals surface area contributed by atoms with Gasteiger partial charge in [0.05, 0.1) is 6.04 Å². The van der Waals surface area contributed by atoms with Crippen molar-refractivity contribution in [3.05, 3.63) is 71.8 Å². The Morgan fingerprint density at radius 3 is 2.03 bits per heavy atom. The van der Waals surface area contributed by atoms with E-state index in [1.54, 1.807) is 60.7 Å². The monoisotopic (exact) mass is 493 g/mol. The molecule has 0 fully saturated rings. The van der Waals surface area contributed by atoms with Crippen LogP contribution in [0.2, 0.25) is 18.1 Å². The van der Waals surface area contributed by atoms with Crippen LogP contribution in [0.1, 0.15) is 49.2 Å². The zero-order chi connectivity index (χ0) is 26.2. The van der Waals surface area contributed by atoms with Crippen molar-refractivity contribution in [2.45, 2.75) is 63.5 Å². The Morgan fingerprint density at radius 1 is 0.971 bits per heavy atom. The van der Waals surface area contributed by atoms with Gasteiger partial charge in [0.25, 0.3) is 11.8 Å². The molecule has 186 valence electrons. The van der Waals surface area contributed by atoms with Gasteiger partial charge >= 0.3 is 0 Å². The number of aliphatic hydroxyl groups excluding tert-OH is 1. The molecule has 3 atom stereocenters. The molecular weight excluding hydrogens is 458 g/mol. The first-order valence-corrected chi connectivity index (χ1v) is 14.5. The minimum atomic E-state index is -1.90. The van der Waals surface area contributed by atoms with Gasteiger partial charge in [-0.15, -0.1) is 11.5 Å². The van der Waals surface area contributed by atoms with E-state index in [9.17, 15) is 19.5 Å². The molecule has 3 amide bonds. The fourth-order valence-corrected chi connectivity index (χ4v) is 3.93. The lowest BCUT2D eigenvalue weighted by Gasteiger charge is -2.31. The standard InChI is InChI=1S/C27H35N3O4Si/c1-27(2,3)35(4,5)18-12-17-21(24(28)32)29-26(34)23(31)22(19-13-8-6-9-14-19)30-25(33)20-15-10-7-11-16-20/h6-11,13-16,21-23,31H,17H2,1-5H3,(H2,28,32)(H,29,34)(H,30,33)/t21-,22-,23+/m0/s1. The van der Waals surface area contributed by atoms with Crippen molar-refractivity contribution < 1.29 is 19.5 Å². The molecule has 0 saturated carbocycles. The van der Waals surface area contributed by atoms with Crippen LogP contribution in [-0.4, -0.2) is 43.0 Å². The molecule has 0 aromatic heterocycles. The highest BCUT2D eigenvalue weighted by atomic mass is 28.3. The van der Waals surface area contributed by atoms with Crippen molar-refractivity contribution in [2.24, 2.45) is 5.73 Å². The van der Waals surface area contributed by atoms with Crippen LogP contribution < -0.4 is 16.4 Å². The van der Waals surface area contributed by atoms with Gasteiger partial charge in [-0.2, -0.15) is 0 Å². The minimum absolute atomic E-state index is 0.0344. The first kappa shape index (κ1) is 27.8. The molecule has 5 N–H and O–H groups in total. The van der Waals surface area contributed by atoms with E-state index in [1.165, 1.54) is 0 Å². The fourth-order valence-electron chi connectivity index (χ4n) is 3.01. The summed E-state index contributed by atoms with van der Waals surface area (Å²) >= 11 is 0. The van der Waals surface area contributed by atoms with Gasteiger partial charge in [-0.25, -0.2) is 0 Å². The maximum atomic E-state index is 13.0. The van der Waals surface area contributed by atoms with E-state index in [0.29, 0.717) is 11.1 Å². The molecule has 2 aromatic rings. The van der Waals surface area contributed by atoms with E-state index >= 15 is 0 Å². The molecule has 0 saturated heterocycles. The van der Waals surface area contributed by atoms with Gasteiger partial charge in [0.1, 0.15) is 14.1 Å². The van der Waals surface area contributed by atoms with Crippen molar-refractivity contribution in [2.75, 3.05) is 0 Å². The first-order chi connectivity index (χ1) is 16.3. The van der Waals surface area contributed by atoms with E-state index in [-0.39, 0.29) is 11.5 Å². The van der Waals surface area contributed by atoms with Gasteiger partial charge in [-0.3, -0.25) is 14.4 Å². The van der Waals surface area contributed by atoms with E-state index in [2.05, 4.69) is 56.0 Å². The van der Waals surface area contributed by atoms with Crippen LogP contribution in [0.5, 0.6) is 0 Å². The Morgan fingerprint density at radius 2 is 1.51 bits per heavy atom. The van der Waals surface area contributed by atoms with E-state index in [0.717, 1.165) is 0 Å². The Labute approximate surface area is 208 Å². The minimum Gasteiger partial charge on any atom is -0.381 e. The SMILES string of the molecule is CC(C)(C)[Si](C)(C)C#CC[C@H](NC(=O)[C@H](O)[C@@H](NC(=O)c1ccccc1)c1ccccc1)C(N)=O. The zero-order valence-corrected chi connectivity index (χ0v) is 22.0. The first-order valence-electron chi connectivity index (χ1n) is 11.5. The van der Waals surface area contributed by atoms with Crippen molar-refractivity contribution in [3.63, 3.8) is 0 Å². The molecule has 8 heteroatoms. The van der Waals surface area contributed by atoms with Crippen LogP contribution in [0.25, 0.3) is 0 Å². The molecule has 0 aliphatic heterocycles. The summed E-state index contributed by atoms with van der Waals surface area (Å²) in [6.45, 7) is 10.7. The number of hydrogen-bond donors (Lipinski definition) is 4. The highest BCUT2D eigenvalue weighted by Crippen LogP contribution is 2.35. The predicted molar refractivity (Wildman–Crippen MR) is 140 cm³/mol. The number of benzene rings is 2. The third-order valence-electron chi connectivity index (χ3n) is 6.31. The molecule has 7 nitrogen and oxygen atoms in total. The Kier molecular flexibility index (Phi) is 9.40. The second-order valence-corrected chi connectivity index (χ2v) is 15.0. The molecule has 0 bridgehead atoms. The lowest BCUT2D eigenvalue weighted by molar-refractivity contribution is -0.134. The number of amides is 3. The molecule has 35 heavy (non-hydrogen) atoms. The Hall–Kier alpha value is -3.41. The molecule has 2 rings (SSSR count). The number of rotatable bonds is 8. The normalized spacial score (nSPS) is 14.0. The van der Waals surface area contributed by atoms with Crippen LogP contribution in [0.4, 0.5) is 0 Å². The number of carbonyl (C=O) groups is 3. The van der Waals surface area contributed by atoms with Gasteiger partial charge in [-0.05, 0) is 22.7 Å². The number of aliphatic hydroxyl groups is 1. The summed E-state index contributed by atoms with van der Waals surface area (Å²) in [5.74, 6) is 0.992. The second kappa shape index (κ2) is 11.8. The zero-order valence-electron chi connectivity index (χ0n) is 21.0. The Bertz CT molecular complexity index is 1090. The average Bonchev–Trinajstić information content (AvgIpc) is 2.81. The fraction of sp³-hybridized carbons (Fsp3) is 0.370. The molecule has 0 unspecified atom stereocenters. The van der Waals surface area contributed by atoms with Crippen molar-refractivity contribution in [3.8, 4) is 11.5 Å². The number of hydrogen-bond acceptors (Lipinski definition) is 4. The number of primary amides is 1. The van der Waals surface area contributed by atoms with Crippen LogP contribution >= 0.6 is 0 Å². The van der Waals surface area contributed by atoms with Crippen LogP contribution in [0, 0.1) is 11.5 Å². The molecule has 0 aliphatic rings. The van der Waals surface area contributed by atoms with Crippen molar-refractivity contribution >= 4 is 25.8 Å². The van der Waals surface area contributed by atoms with Crippen molar-refractivity contribution in [1.82, 2.24) is 10.6 Å². The third-order valence-corrected chi connectivity index (χ3v) is 10.9. The summed E-state index contributed by atoms with van der Waals surface area (Å²) in [6.07, 6.45) is -1.63. The topological polar surface area (TPSA) is 122 Å². The highest BCUT2D eigenvalue weighted by molar-refractivity contribution is 6.87. The highest BCUT2D eigenvalue weighted by Gasteiger charge is 2.34. The summed E-state index contributed by atoms with van der Waals surface area (Å²) < 4.78 is 0. The Balaban J connectivity index is 2.21. The van der Waals surface area contributed by atoms with Gasteiger partial charge in [0.15, 0.2) is 6.10 Å². The largest absolute Gasteiger partial charge is 0.381 e. The second-order valence-electron chi connectivity index (χ2n) is 10.0. The maximum Gasteiger partial charge on any atom is 0.252 e. The predicted octanol–water partition coefficient (Wildman–Crippen LogP) is 2.93. The third kappa shape index (κ3) is 7.81. The summed E-state index contributed by atoms with van der Waals surface area (Å²) in [5.41, 5.74) is 9.71. The summed E-state index contributed by atoms with van der Waals surface area (Å²) in [7, 11) is -1.90. The average molecular weight is 494 g/mol. The maximum absolute atomic E-state index is 13.0. The number of nitrogens with two attached hydrogens (primary N) is 1.